The Bertz CT molecular complexity index is 384. The maximum absolute atomic E-state index is 11.3. The topological polar surface area (TPSA) is 65.2 Å². The van der Waals surface area contributed by atoms with E-state index in [2.05, 4.69) is 10.3 Å². The van der Waals surface area contributed by atoms with Crippen LogP contribution in [0.2, 0.25) is 0 Å². The van der Waals surface area contributed by atoms with E-state index in [1.165, 1.54) is 0 Å². The Hall–Kier alpha value is -1.30. The minimum atomic E-state index is -0.0718. The standard InChI is InChI=1S/C8H11N3O2S/c12-7-9-2-1-3-11(7)4-6-5-14-8(13)10-6/h5H,1-4H2,(H,9,12)(H,10,13). The third-order valence-corrected chi connectivity index (χ3v) is 2.82. The minimum absolute atomic E-state index is 0.0525. The molecule has 14 heavy (non-hydrogen) atoms. The molecule has 1 fully saturated rings. The zero-order valence-electron chi connectivity index (χ0n) is 7.58. The summed E-state index contributed by atoms with van der Waals surface area (Å²) in [6.07, 6.45) is 0.958. The molecule has 1 aliphatic rings. The van der Waals surface area contributed by atoms with Gasteiger partial charge in [-0.15, -0.1) is 0 Å². The molecule has 0 saturated carbocycles. The van der Waals surface area contributed by atoms with Gasteiger partial charge in [0.2, 0.25) is 0 Å². The van der Waals surface area contributed by atoms with Crippen molar-refractivity contribution in [1.29, 1.82) is 0 Å². The van der Waals surface area contributed by atoms with Crippen molar-refractivity contribution in [3.05, 3.63) is 20.7 Å². The number of aromatic nitrogens is 1. The van der Waals surface area contributed by atoms with Crippen molar-refractivity contribution >= 4 is 17.4 Å². The molecule has 6 heteroatoms. The van der Waals surface area contributed by atoms with Gasteiger partial charge < -0.3 is 15.2 Å². The highest BCUT2D eigenvalue weighted by Gasteiger charge is 2.17. The maximum Gasteiger partial charge on any atom is 0.317 e. The average Bonchev–Trinajstić information content (AvgIpc) is 2.56. The van der Waals surface area contributed by atoms with Crippen LogP contribution in [0.1, 0.15) is 12.1 Å². The number of nitrogens with one attached hydrogen (secondary N) is 2. The van der Waals surface area contributed by atoms with Crippen LogP contribution in [0.5, 0.6) is 0 Å². The van der Waals surface area contributed by atoms with Crippen molar-refractivity contribution in [2.45, 2.75) is 13.0 Å². The fraction of sp³-hybridized carbons (Fsp3) is 0.500. The van der Waals surface area contributed by atoms with Crippen molar-refractivity contribution in [1.82, 2.24) is 15.2 Å². The van der Waals surface area contributed by atoms with Gasteiger partial charge in [-0.1, -0.05) is 11.3 Å². The third kappa shape index (κ3) is 1.95. The summed E-state index contributed by atoms with van der Waals surface area (Å²) in [5, 5.41) is 4.51. The first-order valence-electron chi connectivity index (χ1n) is 4.45. The van der Waals surface area contributed by atoms with Crippen molar-refractivity contribution in [2.75, 3.05) is 13.1 Å². The Balaban J connectivity index is 2.02. The van der Waals surface area contributed by atoms with Crippen molar-refractivity contribution in [3.63, 3.8) is 0 Å². The van der Waals surface area contributed by atoms with Gasteiger partial charge in [0.05, 0.1) is 6.54 Å². The quantitative estimate of drug-likeness (QED) is 0.744. The minimum Gasteiger partial charge on any atom is -0.338 e. The van der Waals surface area contributed by atoms with Crippen LogP contribution >= 0.6 is 11.3 Å². The predicted octanol–water partition coefficient (Wildman–Crippen LogP) is 0.352. The molecule has 2 heterocycles. The zero-order valence-corrected chi connectivity index (χ0v) is 8.39. The number of H-pyrrole nitrogens is 1. The molecule has 2 rings (SSSR count). The van der Waals surface area contributed by atoms with Crippen LogP contribution in [0.15, 0.2) is 10.2 Å². The van der Waals surface area contributed by atoms with Gasteiger partial charge in [-0.05, 0) is 6.42 Å². The van der Waals surface area contributed by atoms with Crippen LogP contribution in [0.4, 0.5) is 4.79 Å². The van der Waals surface area contributed by atoms with Gasteiger partial charge in [-0.2, -0.15) is 0 Å². The molecule has 0 radical (unpaired) electrons. The summed E-state index contributed by atoms with van der Waals surface area (Å²) in [5.41, 5.74) is 0.803. The highest BCUT2D eigenvalue weighted by Crippen LogP contribution is 2.05. The predicted molar refractivity (Wildman–Crippen MR) is 53.4 cm³/mol. The van der Waals surface area contributed by atoms with E-state index in [0.29, 0.717) is 6.54 Å². The molecular weight excluding hydrogens is 202 g/mol. The number of hydrogen-bond donors (Lipinski definition) is 2. The smallest absolute Gasteiger partial charge is 0.317 e. The summed E-state index contributed by atoms with van der Waals surface area (Å²) < 4.78 is 0. The third-order valence-electron chi connectivity index (χ3n) is 2.10. The Kier molecular flexibility index (Phi) is 2.53. The first kappa shape index (κ1) is 9.26. The Morgan fingerprint density at radius 1 is 1.50 bits per heavy atom. The van der Waals surface area contributed by atoms with Crippen LogP contribution in [-0.4, -0.2) is 29.0 Å². The van der Waals surface area contributed by atoms with Gasteiger partial charge in [0.1, 0.15) is 0 Å². The molecule has 1 saturated heterocycles. The van der Waals surface area contributed by atoms with E-state index >= 15 is 0 Å². The van der Waals surface area contributed by atoms with Gasteiger partial charge >= 0.3 is 10.9 Å². The summed E-state index contributed by atoms with van der Waals surface area (Å²) in [6.45, 7) is 1.99. The number of aromatic amines is 1. The molecule has 1 aromatic rings. The highest BCUT2D eigenvalue weighted by atomic mass is 32.1. The molecule has 2 N–H and O–H groups in total. The van der Waals surface area contributed by atoms with Crippen LogP contribution in [-0.2, 0) is 6.54 Å². The molecule has 0 aromatic carbocycles. The molecule has 76 valence electrons. The number of urea groups is 1. The number of amides is 2. The Morgan fingerprint density at radius 3 is 3.00 bits per heavy atom. The van der Waals surface area contributed by atoms with E-state index in [0.717, 1.165) is 36.5 Å². The number of hydrogen-bond acceptors (Lipinski definition) is 3. The molecule has 0 bridgehead atoms. The molecular formula is C8H11N3O2S. The number of nitrogens with zero attached hydrogens (tertiary/aromatic N) is 1. The molecule has 5 nitrogen and oxygen atoms in total. The number of rotatable bonds is 2. The molecule has 1 aromatic heterocycles. The molecule has 0 unspecified atom stereocenters. The summed E-state index contributed by atoms with van der Waals surface area (Å²) in [4.78, 5) is 26.5. The molecule has 2 amide bonds. The molecule has 0 spiro atoms. The lowest BCUT2D eigenvalue weighted by molar-refractivity contribution is 0.182. The summed E-state index contributed by atoms with van der Waals surface area (Å²) >= 11 is 1.12. The lowest BCUT2D eigenvalue weighted by Gasteiger charge is -2.26. The van der Waals surface area contributed by atoms with Crippen LogP contribution in [0, 0.1) is 0 Å². The van der Waals surface area contributed by atoms with Gasteiger partial charge in [0.15, 0.2) is 0 Å². The number of thiazole rings is 1. The Morgan fingerprint density at radius 2 is 2.36 bits per heavy atom. The number of carbonyl (C=O) groups excluding carboxylic acids is 1. The second-order valence-electron chi connectivity index (χ2n) is 3.18. The second kappa shape index (κ2) is 3.83. The van der Waals surface area contributed by atoms with Crippen molar-refractivity contribution in [2.24, 2.45) is 0 Å². The average molecular weight is 213 g/mol. The highest BCUT2D eigenvalue weighted by molar-refractivity contribution is 7.07. The van der Waals surface area contributed by atoms with Gasteiger partial charge in [0.25, 0.3) is 0 Å². The summed E-state index contributed by atoms with van der Waals surface area (Å²) in [7, 11) is 0. The van der Waals surface area contributed by atoms with Crippen LogP contribution in [0.25, 0.3) is 0 Å². The van der Waals surface area contributed by atoms with E-state index in [1.807, 2.05) is 0 Å². The fourth-order valence-corrected chi connectivity index (χ4v) is 2.00. The second-order valence-corrected chi connectivity index (χ2v) is 4.02. The van der Waals surface area contributed by atoms with Crippen molar-refractivity contribution in [3.8, 4) is 0 Å². The first-order valence-corrected chi connectivity index (χ1v) is 5.33. The Labute approximate surface area is 84.7 Å². The normalized spacial score (nSPS) is 16.9. The van der Waals surface area contributed by atoms with E-state index in [9.17, 15) is 9.59 Å². The van der Waals surface area contributed by atoms with E-state index in [1.54, 1.807) is 10.3 Å². The van der Waals surface area contributed by atoms with E-state index in [4.69, 9.17) is 0 Å². The molecule has 1 aliphatic heterocycles. The molecule has 0 aliphatic carbocycles. The lowest BCUT2D eigenvalue weighted by atomic mass is 10.3. The summed E-state index contributed by atoms with van der Waals surface area (Å²) in [5.74, 6) is 0. The molecule has 0 atom stereocenters. The van der Waals surface area contributed by atoms with Crippen molar-refractivity contribution < 1.29 is 4.79 Å². The van der Waals surface area contributed by atoms with Crippen LogP contribution < -0.4 is 10.2 Å². The van der Waals surface area contributed by atoms with Crippen LogP contribution in [0.3, 0.4) is 0 Å². The SMILES string of the molecule is O=C1NCCCN1Cc1csc(=O)[nH]1. The van der Waals surface area contributed by atoms with E-state index < -0.39 is 0 Å². The zero-order chi connectivity index (χ0) is 9.97. The van der Waals surface area contributed by atoms with Gasteiger partial charge in [-0.25, -0.2) is 4.79 Å². The van der Waals surface area contributed by atoms with Gasteiger partial charge in [-0.3, -0.25) is 4.79 Å². The monoisotopic (exact) mass is 213 g/mol. The lowest BCUT2D eigenvalue weighted by Crippen LogP contribution is -2.45. The largest absolute Gasteiger partial charge is 0.338 e. The maximum atomic E-state index is 11.3. The first-order chi connectivity index (χ1) is 6.75. The summed E-state index contributed by atoms with van der Waals surface area (Å²) in [6, 6.07) is -0.0525. The fourth-order valence-electron chi connectivity index (χ4n) is 1.43. The van der Waals surface area contributed by atoms with Gasteiger partial charge in [0, 0.05) is 24.2 Å². The van der Waals surface area contributed by atoms with E-state index in [-0.39, 0.29) is 10.9 Å². The number of carbonyl (C=O) groups is 1.